The Labute approximate surface area is 107 Å². The second-order valence-electron chi connectivity index (χ2n) is 3.51. The fraction of sp³-hybridized carbons (Fsp3) is 0.100. The molecule has 0 bridgehead atoms. The van der Waals surface area contributed by atoms with E-state index in [9.17, 15) is 13.2 Å². The third-order valence-electron chi connectivity index (χ3n) is 2.43. The summed E-state index contributed by atoms with van der Waals surface area (Å²) < 4.78 is 24.1. The first-order chi connectivity index (χ1) is 7.80. The molecule has 17 heavy (non-hydrogen) atoms. The average Bonchev–Trinajstić information content (AvgIpc) is 2.22. The molecule has 90 valence electrons. The summed E-state index contributed by atoms with van der Waals surface area (Å²) in [6.45, 7) is 0. The lowest BCUT2D eigenvalue weighted by Crippen LogP contribution is -2.17. The molecule has 0 radical (unpaired) electrons. The van der Waals surface area contributed by atoms with Crippen molar-refractivity contribution >= 4 is 42.2 Å². The summed E-state index contributed by atoms with van der Waals surface area (Å²) in [6.07, 6.45) is 0. The first kappa shape index (κ1) is 12.4. The Morgan fingerprint density at radius 2 is 1.88 bits per heavy atom. The minimum absolute atomic E-state index is 0.200. The lowest BCUT2D eigenvalue weighted by Gasteiger charge is -2.08. The lowest BCUT2D eigenvalue weighted by molar-refractivity contribution is 0.610. The Hall–Kier alpha value is -1.04. The van der Waals surface area contributed by atoms with Crippen molar-refractivity contribution in [2.24, 2.45) is 7.05 Å². The van der Waals surface area contributed by atoms with Gasteiger partial charge in [-0.3, -0.25) is 4.79 Å². The zero-order valence-corrected chi connectivity index (χ0v) is 11.0. The van der Waals surface area contributed by atoms with E-state index in [1.54, 1.807) is 6.07 Å². The van der Waals surface area contributed by atoms with Gasteiger partial charge in [0.15, 0.2) is 0 Å². The van der Waals surface area contributed by atoms with E-state index in [2.05, 4.69) is 0 Å². The van der Waals surface area contributed by atoms with Crippen LogP contribution in [-0.4, -0.2) is 13.0 Å². The first-order valence-electron chi connectivity index (χ1n) is 4.54. The SMILES string of the molecule is Cn1c(=O)cc(S(=O)(=O)Cl)c2ccc(Cl)cc21. The summed E-state index contributed by atoms with van der Waals surface area (Å²) in [5, 5.41) is 0.781. The van der Waals surface area contributed by atoms with Gasteiger partial charge in [-0.25, -0.2) is 8.42 Å². The van der Waals surface area contributed by atoms with E-state index in [1.165, 1.54) is 23.7 Å². The number of rotatable bonds is 1. The average molecular weight is 292 g/mol. The van der Waals surface area contributed by atoms with E-state index in [4.69, 9.17) is 22.3 Å². The number of benzene rings is 1. The Balaban J connectivity index is 3.08. The second-order valence-corrected chi connectivity index (χ2v) is 6.48. The van der Waals surface area contributed by atoms with Crippen LogP contribution in [-0.2, 0) is 16.1 Å². The zero-order valence-electron chi connectivity index (χ0n) is 8.65. The monoisotopic (exact) mass is 291 g/mol. The Morgan fingerprint density at radius 1 is 1.24 bits per heavy atom. The number of aryl methyl sites for hydroxylation is 1. The third kappa shape index (κ3) is 2.18. The lowest BCUT2D eigenvalue weighted by atomic mass is 10.2. The molecule has 1 aromatic heterocycles. The molecule has 2 rings (SSSR count). The molecule has 0 saturated carbocycles. The molecule has 0 fully saturated rings. The van der Waals surface area contributed by atoms with E-state index in [0.29, 0.717) is 15.9 Å². The molecule has 4 nitrogen and oxygen atoms in total. The second kappa shape index (κ2) is 4.01. The van der Waals surface area contributed by atoms with Crippen LogP contribution in [0.15, 0.2) is 34.0 Å². The predicted molar refractivity (Wildman–Crippen MR) is 67.2 cm³/mol. The molecule has 0 aliphatic carbocycles. The highest BCUT2D eigenvalue weighted by atomic mass is 35.7. The van der Waals surface area contributed by atoms with E-state index >= 15 is 0 Å². The van der Waals surface area contributed by atoms with Gasteiger partial charge in [0.25, 0.3) is 14.6 Å². The summed E-state index contributed by atoms with van der Waals surface area (Å²) in [6, 6.07) is 5.58. The summed E-state index contributed by atoms with van der Waals surface area (Å²) >= 11 is 5.81. The molecule has 0 N–H and O–H groups in total. The van der Waals surface area contributed by atoms with Crippen LogP contribution in [0.25, 0.3) is 10.9 Å². The van der Waals surface area contributed by atoms with Crippen molar-refractivity contribution in [1.29, 1.82) is 0 Å². The summed E-state index contributed by atoms with van der Waals surface area (Å²) in [5.74, 6) is 0. The van der Waals surface area contributed by atoms with Crippen LogP contribution < -0.4 is 5.56 Å². The standard InChI is InChI=1S/C10H7Cl2NO3S/c1-13-8-4-6(11)2-3-7(8)9(5-10(13)14)17(12,15)16/h2-5H,1H3. The van der Waals surface area contributed by atoms with Gasteiger partial charge in [0.2, 0.25) is 0 Å². The van der Waals surface area contributed by atoms with Crippen LogP contribution >= 0.6 is 22.3 Å². The molecule has 1 aromatic carbocycles. The van der Waals surface area contributed by atoms with Crippen LogP contribution in [0.5, 0.6) is 0 Å². The summed E-state index contributed by atoms with van der Waals surface area (Å²) in [4.78, 5) is 11.4. The predicted octanol–water partition coefficient (Wildman–Crippen LogP) is 2.12. The number of hydrogen-bond acceptors (Lipinski definition) is 3. The van der Waals surface area contributed by atoms with Crippen LogP contribution in [0.3, 0.4) is 0 Å². The molecule has 2 aromatic rings. The fourth-order valence-corrected chi connectivity index (χ4v) is 2.82. The largest absolute Gasteiger partial charge is 0.311 e. The van der Waals surface area contributed by atoms with Crippen LogP contribution in [0.2, 0.25) is 5.02 Å². The Bertz CT molecular complexity index is 765. The van der Waals surface area contributed by atoms with Crippen molar-refractivity contribution in [3.05, 3.63) is 39.6 Å². The normalized spacial score (nSPS) is 11.9. The smallest absolute Gasteiger partial charge is 0.262 e. The minimum atomic E-state index is -3.97. The fourth-order valence-electron chi connectivity index (χ4n) is 1.60. The molecule has 0 atom stereocenters. The van der Waals surface area contributed by atoms with Gasteiger partial charge in [-0.15, -0.1) is 0 Å². The molecule has 0 aliphatic rings. The molecule has 0 saturated heterocycles. The van der Waals surface area contributed by atoms with E-state index < -0.39 is 14.6 Å². The number of halogens is 2. The molecule has 0 aliphatic heterocycles. The Morgan fingerprint density at radius 3 is 2.47 bits per heavy atom. The Kier molecular flexibility index (Phi) is 2.93. The maximum atomic E-state index is 11.6. The summed E-state index contributed by atoms with van der Waals surface area (Å²) in [5.41, 5.74) is -0.0387. The van der Waals surface area contributed by atoms with Crippen molar-refractivity contribution in [2.75, 3.05) is 0 Å². The van der Waals surface area contributed by atoms with Gasteiger partial charge in [-0.2, -0.15) is 0 Å². The van der Waals surface area contributed by atoms with E-state index in [1.807, 2.05) is 0 Å². The maximum Gasteiger partial charge on any atom is 0.262 e. The molecular weight excluding hydrogens is 285 g/mol. The molecule has 7 heteroatoms. The van der Waals surface area contributed by atoms with Crippen molar-refractivity contribution in [3.8, 4) is 0 Å². The third-order valence-corrected chi connectivity index (χ3v) is 4.03. The van der Waals surface area contributed by atoms with Gasteiger partial charge in [0, 0.05) is 34.2 Å². The summed E-state index contributed by atoms with van der Waals surface area (Å²) in [7, 11) is 2.86. The highest BCUT2D eigenvalue weighted by molar-refractivity contribution is 8.14. The van der Waals surface area contributed by atoms with E-state index in [0.717, 1.165) is 6.07 Å². The molecule has 0 spiro atoms. The van der Waals surface area contributed by atoms with Crippen LogP contribution in [0.4, 0.5) is 0 Å². The topological polar surface area (TPSA) is 56.1 Å². The minimum Gasteiger partial charge on any atom is -0.311 e. The van der Waals surface area contributed by atoms with Gasteiger partial charge in [0.05, 0.1) is 10.4 Å². The van der Waals surface area contributed by atoms with Gasteiger partial charge in [-0.05, 0) is 12.1 Å². The van der Waals surface area contributed by atoms with Crippen LogP contribution in [0, 0.1) is 0 Å². The van der Waals surface area contributed by atoms with Crippen molar-refractivity contribution in [1.82, 2.24) is 4.57 Å². The van der Waals surface area contributed by atoms with Crippen molar-refractivity contribution in [3.63, 3.8) is 0 Å². The van der Waals surface area contributed by atoms with Gasteiger partial charge in [-0.1, -0.05) is 17.7 Å². The van der Waals surface area contributed by atoms with Crippen molar-refractivity contribution in [2.45, 2.75) is 4.90 Å². The number of aromatic nitrogens is 1. The van der Waals surface area contributed by atoms with Crippen molar-refractivity contribution < 1.29 is 8.42 Å². The molecular formula is C10H7Cl2NO3S. The molecule has 1 heterocycles. The van der Waals surface area contributed by atoms with Crippen LogP contribution in [0.1, 0.15) is 0 Å². The number of fused-ring (bicyclic) bond motifs is 1. The van der Waals surface area contributed by atoms with E-state index in [-0.39, 0.29) is 4.90 Å². The zero-order chi connectivity index (χ0) is 12.8. The molecule has 0 unspecified atom stereocenters. The first-order valence-corrected chi connectivity index (χ1v) is 7.23. The number of hydrogen-bond donors (Lipinski definition) is 0. The number of pyridine rings is 1. The highest BCUT2D eigenvalue weighted by Crippen LogP contribution is 2.26. The maximum absolute atomic E-state index is 11.6. The number of nitrogens with zero attached hydrogens (tertiary/aromatic N) is 1. The highest BCUT2D eigenvalue weighted by Gasteiger charge is 2.17. The quantitative estimate of drug-likeness (QED) is 0.756. The van der Waals surface area contributed by atoms with Gasteiger partial charge >= 0.3 is 0 Å². The van der Waals surface area contributed by atoms with Gasteiger partial charge in [0.1, 0.15) is 0 Å². The van der Waals surface area contributed by atoms with Gasteiger partial charge < -0.3 is 4.57 Å². The molecule has 0 amide bonds.